The first kappa shape index (κ1) is 20.5. The molecule has 2 N–H and O–H groups in total. The van der Waals surface area contributed by atoms with Gasteiger partial charge in [-0.2, -0.15) is 0 Å². The summed E-state index contributed by atoms with van der Waals surface area (Å²) < 4.78 is 43.8. The second kappa shape index (κ2) is 8.74. The number of methoxy groups -OCH3 is 3. The molecular weight excluding hydrogens is 372 g/mol. The van der Waals surface area contributed by atoms with Crippen LogP contribution in [0.5, 0.6) is 17.2 Å². The predicted octanol–water partition coefficient (Wildman–Crippen LogP) is 2.15. The van der Waals surface area contributed by atoms with E-state index in [0.29, 0.717) is 11.3 Å². The predicted molar refractivity (Wildman–Crippen MR) is 101 cm³/mol. The number of carbonyl (C=O) groups excluding carboxylic acids is 1. The molecule has 146 valence electrons. The molecule has 0 aliphatic carbocycles. The fourth-order valence-corrected chi connectivity index (χ4v) is 3.65. The molecule has 0 heterocycles. The monoisotopic (exact) mass is 394 g/mol. The van der Waals surface area contributed by atoms with Crippen molar-refractivity contribution in [3.8, 4) is 17.2 Å². The third-order valence-corrected chi connectivity index (χ3v) is 5.15. The van der Waals surface area contributed by atoms with E-state index in [0.717, 1.165) is 0 Å². The van der Waals surface area contributed by atoms with Gasteiger partial charge in [-0.05, 0) is 12.1 Å². The highest BCUT2D eigenvalue weighted by Gasteiger charge is 2.23. The van der Waals surface area contributed by atoms with E-state index in [2.05, 4.69) is 10.0 Å². The Balaban J connectivity index is 2.40. The van der Waals surface area contributed by atoms with Crippen molar-refractivity contribution >= 4 is 21.6 Å². The van der Waals surface area contributed by atoms with Gasteiger partial charge in [-0.15, -0.1) is 0 Å². The zero-order valence-corrected chi connectivity index (χ0v) is 16.3. The van der Waals surface area contributed by atoms with E-state index in [-0.39, 0.29) is 34.5 Å². The second-order valence-electron chi connectivity index (χ2n) is 5.52. The lowest BCUT2D eigenvalue weighted by Gasteiger charge is -2.16. The van der Waals surface area contributed by atoms with Crippen LogP contribution < -0.4 is 24.2 Å². The summed E-state index contributed by atoms with van der Waals surface area (Å²) in [7, 11) is 0.331. The third kappa shape index (κ3) is 4.89. The Kier molecular flexibility index (Phi) is 6.65. The van der Waals surface area contributed by atoms with Gasteiger partial charge in [-0.25, -0.2) is 13.1 Å². The molecule has 0 aliphatic rings. The molecule has 2 rings (SSSR count). The van der Waals surface area contributed by atoms with Gasteiger partial charge in [0.2, 0.25) is 15.9 Å². The number of ether oxygens (including phenoxy) is 3. The minimum atomic E-state index is -3.95. The zero-order valence-electron chi connectivity index (χ0n) is 15.5. The fraction of sp³-hybridized carbons (Fsp3) is 0.278. The number of carbonyl (C=O) groups is 1. The van der Waals surface area contributed by atoms with Crippen molar-refractivity contribution in [1.82, 2.24) is 4.72 Å². The Labute approximate surface area is 158 Å². The molecule has 27 heavy (non-hydrogen) atoms. The van der Waals surface area contributed by atoms with Crippen LogP contribution in [0.2, 0.25) is 0 Å². The van der Waals surface area contributed by atoms with Gasteiger partial charge in [0.25, 0.3) is 0 Å². The van der Waals surface area contributed by atoms with E-state index in [4.69, 9.17) is 14.2 Å². The summed E-state index contributed by atoms with van der Waals surface area (Å²) in [5, 5.41) is 2.55. The largest absolute Gasteiger partial charge is 0.496 e. The maximum Gasteiger partial charge on any atom is 0.244 e. The molecule has 0 fully saturated rings. The standard InChI is InChI=1S/C18H22N2O6S/c1-12(21)20-14-9-18(17(26-4)10-16(14)25-3)27(22,23)19-11-13-7-5-6-8-15(13)24-2/h5-10,19H,11H2,1-4H3,(H,20,21). The van der Waals surface area contributed by atoms with Gasteiger partial charge < -0.3 is 19.5 Å². The lowest BCUT2D eigenvalue weighted by molar-refractivity contribution is -0.114. The molecule has 1 amide bonds. The number of rotatable bonds is 8. The summed E-state index contributed by atoms with van der Waals surface area (Å²) >= 11 is 0. The maximum absolute atomic E-state index is 12.8. The number of amides is 1. The molecule has 0 aliphatic heterocycles. The first-order valence-electron chi connectivity index (χ1n) is 7.97. The summed E-state index contributed by atoms with van der Waals surface area (Å²) in [5.41, 5.74) is 0.904. The van der Waals surface area contributed by atoms with E-state index >= 15 is 0 Å². The number of benzene rings is 2. The van der Waals surface area contributed by atoms with Crippen molar-refractivity contribution in [2.45, 2.75) is 18.4 Å². The molecule has 0 spiro atoms. The molecular formula is C18H22N2O6S. The Morgan fingerprint density at radius 1 is 0.963 bits per heavy atom. The van der Waals surface area contributed by atoms with E-state index in [1.165, 1.54) is 40.4 Å². The number of sulfonamides is 1. The molecule has 0 bridgehead atoms. The quantitative estimate of drug-likeness (QED) is 0.711. The lowest BCUT2D eigenvalue weighted by atomic mass is 10.2. The summed E-state index contributed by atoms with van der Waals surface area (Å²) in [5.74, 6) is 0.587. The smallest absolute Gasteiger partial charge is 0.244 e. The van der Waals surface area contributed by atoms with Crippen molar-refractivity contribution in [2.24, 2.45) is 0 Å². The van der Waals surface area contributed by atoms with E-state index < -0.39 is 10.0 Å². The Hall–Kier alpha value is -2.78. The Morgan fingerprint density at radius 3 is 2.19 bits per heavy atom. The van der Waals surface area contributed by atoms with Gasteiger partial charge in [-0.3, -0.25) is 4.79 Å². The van der Waals surface area contributed by atoms with Crippen LogP contribution in [0, 0.1) is 0 Å². The fourth-order valence-electron chi connectivity index (χ4n) is 2.47. The van der Waals surface area contributed by atoms with Crippen molar-refractivity contribution in [2.75, 3.05) is 26.6 Å². The highest BCUT2D eigenvalue weighted by atomic mass is 32.2. The van der Waals surface area contributed by atoms with Crippen LogP contribution in [0.1, 0.15) is 12.5 Å². The summed E-state index contributed by atoms with van der Waals surface area (Å²) in [6.07, 6.45) is 0. The van der Waals surface area contributed by atoms with Gasteiger partial charge in [0, 0.05) is 25.1 Å². The van der Waals surface area contributed by atoms with Crippen LogP contribution in [0.4, 0.5) is 5.69 Å². The summed E-state index contributed by atoms with van der Waals surface area (Å²) in [6.45, 7) is 1.34. The summed E-state index contributed by atoms with van der Waals surface area (Å²) in [6, 6.07) is 9.78. The minimum absolute atomic E-state index is 0.0248. The maximum atomic E-state index is 12.8. The van der Waals surface area contributed by atoms with Crippen LogP contribution in [0.3, 0.4) is 0 Å². The van der Waals surface area contributed by atoms with Gasteiger partial charge in [-0.1, -0.05) is 18.2 Å². The number of hydrogen-bond acceptors (Lipinski definition) is 6. The average molecular weight is 394 g/mol. The van der Waals surface area contributed by atoms with Gasteiger partial charge in [0.15, 0.2) is 0 Å². The van der Waals surface area contributed by atoms with Crippen molar-refractivity contribution in [3.05, 3.63) is 42.0 Å². The molecule has 0 radical (unpaired) electrons. The topological polar surface area (TPSA) is 103 Å². The average Bonchev–Trinajstić information content (AvgIpc) is 2.65. The normalized spacial score (nSPS) is 11.0. The number of para-hydroxylation sites is 1. The Bertz CT molecular complexity index is 927. The number of hydrogen-bond donors (Lipinski definition) is 2. The van der Waals surface area contributed by atoms with Crippen molar-refractivity contribution in [1.29, 1.82) is 0 Å². The summed E-state index contributed by atoms with van der Waals surface area (Å²) in [4.78, 5) is 11.3. The SMILES string of the molecule is COc1ccccc1CNS(=O)(=O)c1cc(NC(C)=O)c(OC)cc1OC. The Morgan fingerprint density at radius 2 is 1.59 bits per heavy atom. The first-order chi connectivity index (χ1) is 12.8. The van der Waals surface area contributed by atoms with Crippen LogP contribution >= 0.6 is 0 Å². The molecule has 0 saturated heterocycles. The molecule has 9 heteroatoms. The highest BCUT2D eigenvalue weighted by Crippen LogP contribution is 2.35. The second-order valence-corrected chi connectivity index (χ2v) is 7.26. The molecule has 0 aromatic heterocycles. The molecule has 0 unspecified atom stereocenters. The first-order valence-corrected chi connectivity index (χ1v) is 9.46. The molecule has 2 aromatic rings. The van der Waals surface area contributed by atoms with Crippen LogP contribution in [-0.4, -0.2) is 35.7 Å². The van der Waals surface area contributed by atoms with E-state index in [1.807, 2.05) is 0 Å². The zero-order chi connectivity index (χ0) is 20.0. The molecule has 0 saturated carbocycles. The lowest BCUT2D eigenvalue weighted by Crippen LogP contribution is -2.24. The number of anilines is 1. The molecule has 0 atom stereocenters. The van der Waals surface area contributed by atoms with Crippen LogP contribution in [0.15, 0.2) is 41.3 Å². The number of nitrogens with one attached hydrogen (secondary N) is 2. The molecule has 8 nitrogen and oxygen atoms in total. The van der Waals surface area contributed by atoms with Crippen molar-refractivity contribution in [3.63, 3.8) is 0 Å². The third-order valence-electron chi connectivity index (χ3n) is 3.73. The van der Waals surface area contributed by atoms with E-state index in [9.17, 15) is 13.2 Å². The molecule has 2 aromatic carbocycles. The highest BCUT2D eigenvalue weighted by molar-refractivity contribution is 7.89. The van der Waals surface area contributed by atoms with Gasteiger partial charge >= 0.3 is 0 Å². The van der Waals surface area contributed by atoms with Crippen LogP contribution in [-0.2, 0) is 21.4 Å². The van der Waals surface area contributed by atoms with Crippen LogP contribution in [0.25, 0.3) is 0 Å². The minimum Gasteiger partial charge on any atom is -0.496 e. The van der Waals surface area contributed by atoms with Gasteiger partial charge in [0.05, 0.1) is 27.0 Å². The van der Waals surface area contributed by atoms with Crippen molar-refractivity contribution < 1.29 is 27.4 Å². The van der Waals surface area contributed by atoms with E-state index in [1.54, 1.807) is 24.3 Å². The van der Waals surface area contributed by atoms with Gasteiger partial charge in [0.1, 0.15) is 22.1 Å².